The highest BCUT2D eigenvalue weighted by molar-refractivity contribution is 7.85. The third-order valence-corrected chi connectivity index (χ3v) is 11.6. The Balaban J connectivity index is 1.39. The molecule has 0 aromatic rings. The van der Waals surface area contributed by atoms with Gasteiger partial charge in [-0.05, 0) is 104 Å². The molecule has 0 saturated heterocycles. The third kappa shape index (κ3) is 4.94. The van der Waals surface area contributed by atoms with E-state index >= 15 is 0 Å². The van der Waals surface area contributed by atoms with Gasteiger partial charge in [0.25, 0.3) is 10.1 Å². The van der Waals surface area contributed by atoms with E-state index in [4.69, 9.17) is 4.55 Å². The Kier molecular flexibility index (Phi) is 7.47. The van der Waals surface area contributed by atoms with E-state index in [1.54, 1.807) is 0 Å². The summed E-state index contributed by atoms with van der Waals surface area (Å²) in [4.78, 5) is 12.2. The van der Waals surface area contributed by atoms with Crippen molar-refractivity contribution in [1.82, 2.24) is 5.32 Å². The molecule has 4 rings (SSSR count). The van der Waals surface area contributed by atoms with Crippen LogP contribution in [0.15, 0.2) is 0 Å². The molecule has 10 atom stereocenters. The van der Waals surface area contributed by atoms with Gasteiger partial charge in [-0.1, -0.05) is 20.8 Å². The number of rotatable bonds is 7. The first-order chi connectivity index (χ1) is 15.8. The summed E-state index contributed by atoms with van der Waals surface area (Å²) in [6, 6.07) is 0. The Hall–Kier alpha value is -0.700. The highest BCUT2D eigenvalue weighted by atomic mass is 32.2. The number of hydrogen-bond acceptors (Lipinski definition) is 5. The minimum absolute atomic E-state index is 0.0625. The minimum atomic E-state index is -4.06. The molecule has 0 unspecified atom stereocenters. The molecule has 0 spiro atoms. The lowest BCUT2D eigenvalue weighted by atomic mass is 9.43. The van der Waals surface area contributed by atoms with Crippen LogP contribution in [0.1, 0.15) is 85.0 Å². The van der Waals surface area contributed by atoms with E-state index in [1.807, 2.05) is 0 Å². The van der Waals surface area contributed by atoms with Crippen molar-refractivity contribution in [2.24, 2.45) is 46.3 Å². The third-order valence-electron chi connectivity index (χ3n) is 10.9. The second kappa shape index (κ2) is 9.64. The largest absolute Gasteiger partial charge is 0.393 e. The van der Waals surface area contributed by atoms with Crippen LogP contribution in [0.25, 0.3) is 0 Å². The predicted molar refractivity (Wildman–Crippen MR) is 130 cm³/mol. The molecule has 4 fully saturated rings. The maximum absolute atomic E-state index is 12.2. The van der Waals surface area contributed by atoms with Crippen LogP contribution in [-0.4, -0.2) is 53.6 Å². The van der Waals surface area contributed by atoms with E-state index in [9.17, 15) is 23.4 Å². The van der Waals surface area contributed by atoms with Crippen LogP contribution in [0.4, 0.5) is 0 Å². The molecule has 1 amide bonds. The molecule has 4 aliphatic carbocycles. The van der Waals surface area contributed by atoms with Gasteiger partial charge in [-0.3, -0.25) is 9.35 Å². The molecule has 4 N–H and O–H groups in total. The fraction of sp³-hybridized carbons (Fsp3) is 0.962. The summed E-state index contributed by atoms with van der Waals surface area (Å²) in [6.07, 6.45) is 8.87. The monoisotopic (exact) mass is 499 g/mol. The molecule has 8 heteroatoms. The number of carbonyl (C=O) groups excluding carboxylic acids is 1. The first-order valence-electron chi connectivity index (χ1n) is 13.4. The van der Waals surface area contributed by atoms with Gasteiger partial charge >= 0.3 is 0 Å². The van der Waals surface area contributed by atoms with E-state index in [-0.39, 0.29) is 35.5 Å². The summed E-state index contributed by atoms with van der Waals surface area (Å²) in [7, 11) is -4.06. The smallest absolute Gasteiger partial charge is 0.266 e. The number of aliphatic hydroxyl groups is 2. The highest BCUT2D eigenvalue weighted by Gasteiger charge is 2.62. The second-order valence-corrected chi connectivity index (χ2v) is 14.2. The van der Waals surface area contributed by atoms with Crippen molar-refractivity contribution < 1.29 is 28.0 Å². The maximum atomic E-state index is 12.2. The molecule has 0 heterocycles. The van der Waals surface area contributed by atoms with Gasteiger partial charge in [0, 0.05) is 13.0 Å². The summed E-state index contributed by atoms with van der Waals surface area (Å²) in [5.74, 6) is 2.10. The van der Waals surface area contributed by atoms with Crippen LogP contribution in [-0.2, 0) is 14.9 Å². The van der Waals surface area contributed by atoms with Gasteiger partial charge in [0.05, 0.1) is 18.0 Å². The molecule has 196 valence electrons. The molecular formula is C26H45NO6S. The SMILES string of the molecule is C[C@@H](CCC(=O)NCCS(=O)(=O)O)[C@H]1CC[C@H]2[C@@H]3[C@H](O)C[C@H]4C[C@@H](O)CC[C@]4(C)[C@H]3CC[C@]12C. The zero-order valence-corrected chi connectivity index (χ0v) is 21.9. The van der Waals surface area contributed by atoms with Crippen LogP contribution in [0.2, 0.25) is 0 Å². The summed E-state index contributed by atoms with van der Waals surface area (Å²) in [6.45, 7) is 7.05. The number of aliphatic hydroxyl groups excluding tert-OH is 2. The summed E-state index contributed by atoms with van der Waals surface area (Å²) in [5.41, 5.74) is 0.411. The zero-order chi connectivity index (χ0) is 24.9. The van der Waals surface area contributed by atoms with Crippen molar-refractivity contribution in [2.45, 2.75) is 97.2 Å². The number of hydrogen-bond donors (Lipinski definition) is 4. The summed E-state index contributed by atoms with van der Waals surface area (Å²) < 4.78 is 30.5. The Morgan fingerprint density at radius 2 is 1.71 bits per heavy atom. The van der Waals surface area contributed by atoms with Gasteiger partial charge in [-0.25, -0.2) is 0 Å². The number of nitrogens with one attached hydrogen (secondary N) is 1. The van der Waals surface area contributed by atoms with Crippen LogP contribution < -0.4 is 5.32 Å². The quantitative estimate of drug-likeness (QED) is 0.398. The summed E-state index contributed by atoms with van der Waals surface area (Å²) in [5, 5.41) is 24.2. The van der Waals surface area contributed by atoms with Crippen molar-refractivity contribution >= 4 is 16.0 Å². The number of carbonyl (C=O) groups is 1. The van der Waals surface area contributed by atoms with Gasteiger partial charge in [0.2, 0.25) is 5.91 Å². The molecule has 0 aromatic heterocycles. The average molecular weight is 500 g/mol. The Morgan fingerprint density at radius 1 is 1.03 bits per heavy atom. The molecule has 0 aromatic carbocycles. The van der Waals surface area contributed by atoms with Crippen molar-refractivity contribution in [1.29, 1.82) is 0 Å². The molecule has 0 radical (unpaired) electrons. The molecule has 34 heavy (non-hydrogen) atoms. The standard InChI is InChI=1S/C26H45NO6S/c1-16(4-7-23(30)27-12-13-34(31,32)33)19-5-6-20-24-21(9-11-26(19,20)3)25(2)10-8-18(28)14-17(25)15-22(24)29/h16-22,24,28-29H,4-15H2,1-3H3,(H,27,30)(H,31,32,33)/t16-,17+,18-,19+,20-,21-,22+,24-,25-,26+/m0/s1. The van der Waals surface area contributed by atoms with Crippen molar-refractivity contribution in [3.63, 3.8) is 0 Å². The first-order valence-corrected chi connectivity index (χ1v) is 15.0. The fourth-order valence-corrected chi connectivity index (χ4v) is 9.50. The average Bonchev–Trinajstić information content (AvgIpc) is 3.09. The Bertz CT molecular complexity index is 863. The summed E-state index contributed by atoms with van der Waals surface area (Å²) >= 11 is 0. The molecule has 4 aliphatic rings. The van der Waals surface area contributed by atoms with Gasteiger partial charge < -0.3 is 15.5 Å². The Labute approximate surface area is 205 Å². The lowest BCUT2D eigenvalue weighted by molar-refractivity contribution is -0.174. The number of fused-ring (bicyclic) bond motifs is 5. The zero-order valence-electron chi connectivity index (χ0n) is 21.1. The van der Waals surface area contributed by atoms with Crippen LogP contribution in [0, 0.1) is 46.3 Å². The van der Waals surface area contributed by atoms with Crippen LogP contribution >= 0.6 is 0 Å². The van der Waals surface area contributed by atoms with E-state index in [1.165, 1.54) is 6.42 Å². The normalized spacial score (nSPS) is 45.1. The van der Waals surface area contributed by atoms with Crippen molar-refractivity contribution in [2.75, 3.05) is 12.3 Å². The second-order valence-electron chi connectivity index (χ2n) is 12.6. The first kappa shape index (κ1) is 26.4. The van der Waals surface area contributed by atoms with Gasteiger partial charge in [0.1, 0.15) is 0 Å². The Morgan fingerprint density at radius 3 is 2.41 bits per heavy atom. The lowest BCUT2D eigenvalue weighted by Gasteiger charge is -2.62. The maximum Gasteiger partial charge on any atom is 0.266 e. The number of amides is 1. The topological polar surface area (TPSA) is 124 Å². The highest BCUT2D eigenvalue weighted by Crippen LogP contribution is 2.68. The molecular weight excluding hydrogens is 454 g/mol. The predicted octanol–water partition coefficient (Wildman–Crippen LogP) is 3.40. The van der Waals surface area contributed by atoms with Crippen LogP contribution in [0.5, 0.6) is 0 Å². The molecule has 0 aliphatic heterocycles. The molecule has 0 bridgehead atoms. The van der Waals surface area contributed by atoms with Gasteiger partial charge in [0.15, 0.2) is 0 Å². The van der Waals surface area contributed by atoms with Crippen molar-refractivity contribution in [3.8, 4) is 0 Å². The van der Waals surface area contributed by atoms with Gasteiger partial charge in [-0.2, -0.15) is 8.42 Å². The van der Waals surface area contributed by atoms with E-state index in [0.29, 0.717) is 41.9 Å². The molecule has 7 nitrogen and oxygen atoms in total. The minimum Gasteiger partial charge on any atom is -0.393 e. The van der Waals surface area contributed by atoms with E-state index in [2.05, 4.69) is 26.1 Å². The van der Waals surface area contributed by atoms with E-state index < -0.39 is 15.9 Å². The molecule has 4 saturated carbocycles. The lowest BCUT2D eigenvalue weighted by Crippen LogP contribution is -2.58. The fourth-order valence-electron chi connectivity index (χ4n) is 9.14. The van der Waals surface area contributed by atoms with E-state index in [0.717, 1.165) is 51.4 Å². The van der Waals surface area contributed by atoms with Gasteiger partial charge in [-0.15, -0.1) is 0 Å². The van der Waals surface area contributed by atoms with Crippen molar-refractivity contribution in [3.05, 3.63) is 0 Å². The van der Waals surface area contributed by atoms with Crippen LogP contribution in [0.3, 0.4) is 0 Å².